The number of anilines is 1. The van der Waals surface area contributed by atoms with Crippen molar-refractivity contribution in [2.45, 2.75) is 19.9 Å². The molecule has 6 heteroatoms. The van der Waals surface area contributed by atoms with Crippen LogP contribution < -0.4 is 10.5 Å². The zero-order valence-electron chi connectivity index (χ0n) is 13.4. The Morgan fingerprint density at radius 2 is 1.96 bits per heavy atom. The molecule has 1 aromatic heterocycles. The largest absolute Gasteiger partial charge is 0.319 e. The third-order valence-electron chi connectivity index (χ3n) is 4.63. The number of hydrogen-bond donors (Lipinski definition) is 1. The minimum atomic E-state index is -1.10. The third-order valence-corrected chi connectivity index (χ3v) is 4.63. The smallest absolute Gasteiger partial charge is 0.248 e. The molecule has 1 aliphatic rings. The van der Waals surface area contributed by atoms with E-state index in [1.807, 2.05) is 25.1 Å². The Kier molecular flexibility index (Phi) is 3.42. The van der Waals surface area contributed by atoms with Crippen LogP contribution in [0.3, 0.4) is 0 Å². The van der Waals surface area contributed by atoms with Crippen molar-refractivity contribution >= 4 is 22.5 Å². The summed E-state index contributed by atoms with van der Waals surface area (Å²) in [6, 6.07) is 9.41. The average Bonchev–Trinajstić information content (AvgIpc) is 2.89. The second-order valence-electron chi connectivity index (χ2n) is 6.17. The zero-order valence-corrected chi connectivity index (χ0v) is 13.4. The number of fused-ring (bicyclic) bond motifs is 2. The second kappa shape index (κ2) is 5.51. The number of carbonyl (C=O) groups excluding carboxylic acids is 1. The van der Waals surface area contributed by atoms with Gasteiger partial charge in [-0.1, -0.05) is 12.1 Å². The van der Waals surface area contributed by atoms with Gasteiger partial charge in [-0.25, -0.2) is 8.78 Å². The van der Waals surface area contributed by atoms with Crippen LogP contribution in [0.2, 0.25) is 0 Å². The van der Waals surface area contributed by atoms with E-state index in [0.29, 0.717) is 17.4 Å². The van der Waals surface area contributed by atoms with Crippen molar-refractivity contribution in [1.29, 1.82) is 0 Å². The highest BCUT2D eigenvalue weighted by Crippen LogP contribution is 2.33. The zero-order chi connectivity index (χ0) is 17.7. The van der Waals surface area contributed by atoms with E-state index >= 15 is 0 Å². The van der Waals surface area contributed by atoms with E-state index in [-0.39, 0.29) is 18.0 Å². The fourth-order valence-corrected chi connectivity index (χ4v) is 3.36. The molecule has 1 amide bonds. The number of halogens is 2. The third kappa shape index (κ3) is 2.41. The number of hydrogen-bond acceptors (Lipinski definition) is 2. The molecule has 0 spiro atoms. The van der Waals surface area contributed by atoms with E-state index in [2.05, 4.69) is 4.98 Å². The molecule has 1 aliphatic heterocycles. The number of aromatic nitrogens is 1. The van der Waals surface area contributed by atoms with Gasteiger partial charge < -0.3 is 9.88 Å². The van der Waals surface area contributed by atoms with Crippen molar-refractivity contribution in [3.05, 3.63) is 75.1 Å². The number of amides is 1. The standard InChI is InChI=1S/C19H14F2N2O2/c1-10-3-2-4-15-13(10)8-17(25)23(15)9-11-7-16(24)22-19-12(11)5-6-14(20)18(19)21/h2-7H,8-9H2,1H3,(H,22,24). The van der Waals surface area contributed by atoms with Crippen LogP contribution in [-0.2, 0) is 17.8 Å². The van der Waals surface area contributed by atoms with Crippen LogP contribution in [0.1, 0.15) is 16.7 Å². The van der Waals surface area contributed by atoms with Crippen LogP contribution in [0.5, 0.6) is 0 Å². The van der Waals surface area contributed by atoms with Crippen molar-refractivity contribution in [3.8, 4) is 0 Å². The minimum Gasteiger partial charge on any atom is -0.319 e. The van der Waals surface area contributed by atoms with E-state index in [1.165, 1.54) is 12.1 Å². The Labute approximate surface area is 141 Å². The number of pyridine rings is 1. The van der Waals surface area contributed by atoms with Crippen LogP contribution in [0.4, 0.5) is 14.5 Å². The Balaban J connectivity index is 1.85. The van der Waals surface area contributed by atoms with Crippen LogP contribution in [0, 0.1) is 18.6 Å². The van der Waals surface area contributed by atoms with E-state index < -0.39 is 17.2 Å². The lowest BCUT2D eigenvalue weighted by Gasteiger charge is -2.19. The van der Waals surface area contributed by atoms with Gasteiger partial charge in [0, 0.05) is 17.1 Å². The van der Waals surface area contributed by atoms with E-state index in [4.69, 9.17) is 0 Å². The molecule has 2 heterocycles. The van der Waals surface area contributed by atoms with Gasteiger partial charge in [-0.2, -0.15) is 0 Å². The topological polar surface area (TPSA) is 53.2 Å². The van der Waals surface area contributed by atoms with Gasteiger partial charge in [0.2, 0.25) is 11.5 Å². The van der Waals surface area contributed by atoms with Crippen LogP contribution >= 0.6 is 0 Å². The lowest BCUT2D eigenvalue weighted by atomic mass is 10.1. The summed E-state index contributed by atoms with van der Waals surface area (Å²) in [6.07, 6.45) is 0.298. The maximum Gasteiger partial charge on any atom is 0.248 e. The summed E-state index contributed by atoms with van der Waals surface area (Å²) >= 11 is 0. The molecule has 0 atom stereocenters. The number of H-pyrrole nitrogens is 1. The first kappa shape index (κ1) is 15.5. The molecular weight excluding hydrogens is 326 g/mol. The summed E-state index contributed by atoms with van der Waals surface area (Å²) in [7, 11) is 0. The fraction of sp³-hybridized carbons (Fsp3) is 0.158. The second-order valence-corrected chi connectivity index (χ2v) is 6.17. The number of nitrogens with zero attached hydrogens (tertiary/aromatic N) is 1. The summed E-state index contributed by atoms with van der Waals surface area (Å²) in [5.74, 6) is -2.21. The predicted molar refractivity (Wildman–Crippen MR) is 90.6 cm³/mol. The Hall–Kier alpha value is -3.02. The Morgan fingerprint density at radius 1 is 1.16 bits per heavy atom. The normalized spacial score (nSPS) is 13.6. The van der Waals surface area contributed by atoms with E-state index in [0.717, 1.165) is 22.9 Å². The van der Waals surface area contributed by atoms with Crippen LogP contribution in [0.15, 0.2) is 41.2 Å². The molecular formula is C19H14F2N2O2. The van der Waals surface area contributed by atoms with Crippen LogP contribution in [-0.4, -0.2) is 10.9 Å². The van der Waals surface area contributed by atoms with Crippen molar-refractivity contribution in [2.24, 2.45) is 0 Å². The summed E-state index contributed by atoms with van der Waals surface area (Å²) in [5, 5.41) is 0.382. The molecule has 0 bridgehead atoms. The van der Waals surface area contributed by atoms with Gasteiger partial charge in [-0.05, 0) is 41.8 Å². The molecule has 4 rings (SSSR count). The highest BCUT2D eigenvalue weighted by molar-refractivity contribution is 6.02. The highest BCUT2D eigenvalue weighted by atomic mass is 19.2. The number of benzene rings is 2. The maximum atomic E-state index is 14.0. The van der Waals surface area contributed by atoms with Crippen LogP contribution in [0.25, 0.3) is 10.9 Å². The van der Waals surface area contributed by atoms with Gasteiger partial charge in [0.05, 0.1) is 18.5 Å². The number of nitrogens with one attached hydrogen (secondary N) is 1. The highest BCUT2D eigenvalue weighted by Gasteiger charge is 2.29. The molecule has 2 aromatic carbocycles. The van der Waals surface area contributed by atoms with E-state index in [9.17, 15) is 18.4 Å². The molecule has 0 unspecified atom stereocenters. The minimum absolute atomic E-state index is 0.0830. The molecule has 4 nitrogen and oxygen atoms in total. The Morgan fingerprint density at radius 3 is 2.76 bits per heavy atom. The first-order valence-corrected chi connectivity index (χ1v) is 7.84. The lowest BCUT2D eigenvalue weighted by Crippen LogP contribution is -2.27. The van der Waals surface area contributed by atoms with Gasteiger partial charge >= 0.3 is 0 Å². The molecule has 0 fully saturated rings. The summed E-state index contributed by atoms with van der Waals surface area (Å²) in [4.78, 5) is 28.2. The van der Waals surface area contributed by atoms with Crippen molar-refractivity contribution in [3.63, 3.8) is 0 Å². The molecule has 1 N–H and O–H groups in total. The van der Waals surface area contributed by atoms with Gasteiger partial charge in [-0.3, -0.25) is 9.59 Å². The molecule has 0 saturated heterocycles. The maximum absolute atomic E-state index is 14.0. The quantitative estimate of drug-likeness (QED) is 0.779. The first-order chi connectivity index (χ1) is 12.0. The van der Waals surface area contributed by atoms with Crippen molar-refractivity contribution in [1.82, 2.24) is 4.98 Å². The first-order valence-electron chi connectivity index (χ1n) is 7.84. The van der Waals surface area contributed by atoms with Crippen molar-refractivity contribution in [2.75, 3.05) is 4.90 Å². The number of carbonyl (C=O) groups is 1. The van der Waals surface area contributed by atoms with Gasteiger partial charge in [0.25, 0.3) is 0 Å². The fourth-order valence-electron chi connectivity index (χ4n) is 3.36. The average molecular weight is 340 g/mol. The van der Waals surface area contributed by atoms with Gasteiger partial charge in [-0.15, -0.1) is 0 Å². The molecule has 126 valence electrons. The SMILES string of the molecule is Cc1cccc2c1CC(=O)N2Cc1cc(=O)[nH]c2c(F)c(F)ccc12. The Bertz CT molecular complexity index is 1090. The van der Waals surface area contributed by atoms with Crippen molar-refractivity contribution < 1.29 is 13.6 Å². The van der Waals surface area contributed by atoms with E-state index in [1.54, 1.807) is 4.90 Å². The molecule has 0 aliphatic carbocycles. The number of aromatic amines is 1. The molecule has 0 radical (unpaired) electrons. The number of rotatable bonds is 2. The summed E-state index contributed by atoms with van der Waals surface area (Å²) in [6.45, 7) is 2.07. The molecule has 0 saturated carbocycles. The molecule has 25 heavy (non-hydrogen) atoms. The van der Waals surface area contributed by atoms with Gasteiger partial charge in [0.1, 0.15) is 0 Å². The summed E-state index contributed by atoms with van der Waals surface area (Å²) in [5.41, 5.74) is 2.53. The van der Waals surface area contributed by atoms with Gasteiger partial charge in [0.15, 0.2) is 11.6 Å². The summed E-state index contributed by atoms with van der Waals surface area (Å²) < 4.78 is 27.5. The predicted octanol–water partition coefficient (Wildman–Crippen LogP) is 3.20. The molecule has 3 aromatic rings. The number of aryl methyl sites for hydroxylation is 1. The lowest BCUT2D eigenvalue weighted by molar-refractivity contribution is -0.117. The monoisotopic (exact) mass is 340 g/mol.